The highest BCUT2D eigenvalue weighted by Crippen LogP contribution is 2.14. The molecule has 2 N–H and O–H groups in total. The molecule has 1 fully saturated rings. The van der Waals surface area contributed by atoms with Crippen molar-refractivity contribution in [3.05, 3.63) is 29.8 Å². The molecule has 1 heterocycles. The molecule has 0 aromatic heterocycles. The van der Waals surface area contributed by atoms with Crippen molar-refractivity contribution in [2.45, 2.75) is 39.7 Å². The number of hydrogen-bond acceptors (Lipinski definition) is 3. The van der Waals surface area contributed by atoms with E-state index >= 15 is 0 Å². The van der Waals surface area contributed by atoms with E-state index in [0.717, 1.165) is 44.2 Å². The Morgan fingerprint density at radius 3 is 2.85 bits per heavy atom. The highest BCUT2D eigenvalue weighted by Gasteiger charge is 2.27. The molecule has 1 saturated heterocycles. The summed E-state index contributed by atoms with van der Waals surface area (Å²) in [5.41, 5.74) is 1.23. The lowest BCUT2D eigenvalue weighted by atomic mass is 10.1. The summed E-state index contributed by atoms with van der Waals surface area (Å²) in [5.74, 6) is 1.98. The number of likely N-dealkylation sites (tertiary alicyclic amines) is 1. The minimum absolute atomic E-state index is 0. The van der Waals surface area contributed by atoms with Gasteiger partial charge >= 0.3 is 0 Å². The van der Waals surface area contributed by atoms with Gasteiger partial charge in [0.05, 0.1) is 6.61 Å². The van der Waals surface area contributed by atoms with Crippen LogP contribution < -0.4 is 15.4 Å². The van der Waals surface area contributed by atoms with Crippen LogP contribution in [0.25, 0.3) is 0 Å². The van der Waals surface area contributed by atoms with Crippen LogP contribution in [-0.2, 0) is 11.2 Å². The zero-order chi connectivity index (χ0) is 18.9. The van der Waals surface area contributed by atoms with Crippen LogP contribution in [0.15, 0.2) is 29.3 Å². The number of rotatable bonds is 7. The van der Waals surface area contributed by atoms with Crippen molar-refractivity contribution in [3.63, 3.8) is 0 Å². The smallest absolute Gasteiger partial charge is 0.225 e. The van der Waals surface area contributed by atoms with E-state index < -0.39 is 0 Å². The van der Waals surface area contributed by atoms with E-state index in [2.05, 4.69) is 27.8 Å². The molecule has 0 aliphatic carbocycles. The second kappa shape index (κ2) is 12.0. The summed E-state index contributed by atoms with van der Waals surface area (Å²) in [6, 6.07) is 8.43. The first-order valence-electron chi connectivity index (χ1n) is 9.51. The van der Waals surface area contributed by atoms with Crippen molar-refractivity contribution in [1.82, 2.24) is 15.5 Å². The molecule has 0 spiro atoms. The number of guanidine groups is 1. The van der Waals surface area contributed by atoms with Crippen LogP contribution in [0.5, 0.6) is 5.75 Å². The second-order valence-electron chi connectivity index (χ2n) is 6.90. The summed E-state index contributed by atoms with van der Waals surface area (Å²) in [4.78, 5) is 18.3. The summed E-state index contributed by atoms with van der Waals surface area (Å²) in [6.45, 7) is 8.91. The lowest BCUT2D eigenvalue weighted by molar-refractivity contribution is -0.133. The fraction of sp³-hybridized carbons (Fsp3) is 0.600. The molecule has 1 aromatic rings. The zero-order valence-corrected chi connectivity index (χ0v) is 19.2. The van der Waals surface area contributed by atoms with Crippen LogP contribution in [-0.4, -0.2) is 56.1 Å². The van der Waals surface area contributed by atoms with Crippen LogP contribution in [0, 0.1) is 5.92 Å². The van der Waals surface area contributed by atoms with Crippen molar-refractivity contribution in [1.29, 1.82) is 0 Å². The first kappa shape index (κ1) is 23.5. The van der Waals surface area contributed by atoms with Crippen LogP contribution in [0.2, 0.25) is 0 Å². The van der Waals surface area contributed by atoms with E-state index in [4.69, 9.17) is 4.74 Å². The van der Waals surface area contributed by atoms with Crippen molar-refractivity contribution in [2.24, 2.45) is 10.9 Å². The van der Waals surface area contributed by atoms with Crippen LogP contribution in [0.3, 0.4) is 0 Å². The predicted molar refractivity (Wildman–Crippen MR) is 121 cm³/mol. The molecule has 1 unspecified atom stereocenters. The Hall–Kier alpha value is -1.51. The zero-order valence-electron chi connectivity index (χ0n) is 16.8. The van der Waals surface area contributed by atoms with Gasteiger partial charge in [-0.1, -0.05) is 26.0 Å². The fourth-order valence-electron chi connectivity index (χ4n) is 3.11. The SMILES string of the molecule is CCOc1cccc(CCNC(=NC)NC2CCN(C(=O)C(C)C)C2)c1.I. The van der Waals surface area contributed by atoms with Gasteiger partial charge in [-0.3, -0.25) is 9.79 Å². The van der Waals surface area contributed by atoms with Crippen molar-refractivity contribution in [3.8, 4) is 5.75 Å². The quantitative estimate of drug-likeness (QED) is 0.352. The van der Waals surface area contributed by atoms with Gasteiger partial charge in [-0.25, -0.2) is 0 Å². The minimum atomic E-state index is 0. The van der Waals surface area contributed by atoms with Gasteiger partial charge in [0.15, 0.2) is 5.96 Å². The van der Waals surface area contributed by atoms with Gasteiger partial charge in [0.25, 0.3) is 0 Å². The molecular weight excluding hydrogens is 455 g/mol. The molecule has 27 heavy (non-hydrogen) atoms. The summed E-state index contributed by atoms with van der Waals surface area (Å²) in [6.07, 6.45) is 1.85. The maximum absolute atomic E-state index is 12.1. The standard InChI is InChI=1S/C20H32N4O2.HI/c1-5-26-18-8-6-7-16(13-18)9-11-22-20(21-4)23-17-10-12-24(14-17)19(25)15(2)3;/h6-8,13,15,17H,5,9-12,14H2,1-4H3,(H2,21,22,23);1H. The summed E-state index contributed by atoms with van der Waals surface area (Å²) >= 11 is 0. The van der Waals surface area contributed by atoms with E-state index in [1.807, 2.05) is 37.8 Å². The Balaban J connectivity index is 0.00000364. The van der Waals surface area contributed by atoms with Crippen LogP contribution in [0.1, 0.15) is 32.8 Å². The van der Waals surface area contributed by atoms with Gasteiger partial charge in [-0.15, -0.1) is 24.0 Å². The van der Waals surface area contributed by atoms with Gasteiger partial charge in [0.1, 0.15) is 5.75 Å². The average molecular weight is 488 g/mol. The maximum atomic E-state index is 12.1. The molecular formula is C20H33IN4O2. The third-order valence-electron chi connectivity index (χ3n) is 4.47. The first-order chi connectivity index (χ1) is 12.5. The van der Waals surface area contributed by atoms with Gasteiger partial charge in [0.2, 0.25) is 5.91 Å². The number of benzene rings is 1. The number of aliphatic imine (C=N–C) groups is 1. The number of hydrogen-bond donors (Lipinski definition) is 2. The van der Waals surface area contributed by atoms with E-state index in [-0.39, 0.29) is 41.8 Å². The normalized spacial score (nSPS) is 16.9. The van der Waals surface area contributed by atoms with Gasteiger partial charge in [-0.05, 0) is 37.5 Å². The Morgan fingerprint density at radius 2 is 2.19 bits per heavy atom. The van der Waals surface area contributed by atoms with Crippen LogP contribution in [0.4, 0.5) is 0 Å². The largest absolute Gasteiger partial charge is 0.494 e. The predicted octanol–water partition coefficient (Wildman–Crippen LogP) is 2.67. The second-order valence-corrected chi connectivity index (χ2v) is 6.90. The Labute approximate surface area is 180 Å². The number of carbonyl (C=O) groups excluding carboxylic acids is 1. The molecule has 6 nitrogen and oxygen atoms in total. The molecule has 152 valence electrons. The number of amides is 1. The summed E-state index contributed by atoms with van der Waals surface area (Å²) in [5, 5.41) is 6.79. The number of nitrogens with one attached hydrogen (secondary N) is 2. The van der Waals surface area contributed by atoms with Crippen LogP contribution >= 0.6 is 24.0 Å². The number of carbonyl (C=O) groups is 1. The monoisotopic (exact) mass is 488 g/mol. The summed E-state index contributed by atoms with van der Waals surface area (Å²) in [7, 11) is 1.77. The number of halogens is 1. The van der Waals surface area contributed by atoms with Crippen molar-refractivity contribution >= 4 is 35.8 Å². The van der Waals surface area contributed by atoms with E-state index in [1.54, 1.807) is 7.05 Å². The lowest BCUT2D eigenvalue weighted by Crippen LogP contribution is -2.45. The first-order valence-corrected chi connectivity index (χ1v) is 9.51. The topological polar surface area (TPSA) is 66.0 Å². The van der Waals surface area contributed by atoms with E-state index in [0.29, 0.717) is 6.61 Å². The molecule has 2 rings (SSSR count). The lowest BCUT2D eigenvalue weighted by Gasteiger charge is -2.20. The maximum Gasteiger partial charge on any atom is 0.225 e. The molecule has 0 radical (unpaired) electrons. The molecule has 1 aliphatic heterocycles. The Kier molecular flexibility index (Phi) is 10.5. The van der Waals surface area contributed by atoms with E-state index in [9.17, 15) is 4.79 Å². The van der Waals surface area contributed by atoms with E-state index in [1.165, 1.54) is 5.56 Å². The molecule has 7 heteroatoms. The van der Waals surface area contributed by atoms with Gasteiger partial charge in [-0.2, -0.15) is 0 Å². The molecule has 0 saturated carbocycles. The summed E-state index contributed by atoms with van der Waals surface area (Å²) < 4.78 is 5.54. The number of nitrogens with zero attached hydrogens (tertiary/aromatic N) is 2. The highest BCUT2D eigenvalue weighted by atomic mass is 127. The van der Waals surface area contributed by atoms with Gasteiger partial charge < -0.3 is 20.3 Å². The Bertz CT molecular complexity index is 622. The average Bonchev–Trinajstić information content (AvgIpc) is 3.09. The third-order valence-corrected chi connectivity index (χ3v) is 4.47. The highest BCUT2D eigenvalue weighted by molar-refractivity contribution is 14.0. The molecule has 1 atom stereocenters. The molecule has 1 aliphatic rings. The number of ether oxygens (including phenoxy) is 1. The molecule has 1 aromatic carbocycles. The molecule has 1 amide bonds. The molecule has 0 bridgehead atoms. The third kappa shape index (κ3) is 7.56. The van der Waals surface area contributed by atoms with Crippen molar-refractivity contribution in [2.75, 3.05) is 33.3 Å². The fourth-order valence-corrected chi connectivity index (χ4v) is 3.11. The Morgan fingerprint density at radius 1 is 1.41 bits per heavy atom. The van der Waals surface area contributed by atoms with Crippen molar-refractivity contribution < 1.29 is 9.53 Å². The minimum Gasteiger partial charge on any atom is -0.494 e. The van der Waals surface area contributed by atoms with Gasteiger partial charge in [0, 0.05) is 38.6 Å².